The predicted octanol–water partition coefficient (Wildman–Crippen LogP) is 4.10. The number of nitrogens with zero attached hydrogens (tertiary/aromatic N) is 2. The van der Waals surface area contributed by atoms with E-state index in [0.717, 1.165) is 19.3 Å². The SMILES string of the molecule is N#Cc1ccc(OC2CCC(NC(=O)c3ccccn3)CC2Br)cc1Cl. The Bertz CT molecular complexity index is 825. The Hall–Kier alpha value is -2.10. The van der Waals surface area contributed by atoms with E-state index >= 15 is 0 Å². The number of pyridine rings is 1. The minimum absolute atomic E-state index is 0.0259. The number of amides is 1. The Kier molecular flexibility index (Phi) is 6.12. The molecule has 26 heavy (non-hydrogen) atoms. The molecule has 1 aromatic carbocycles. The molecule has 1 N–H and O–H groups in total. The van der Waals surface area contributed by atoms with Crippen LogP contribution in [0, 0.1) is 11.3 Å². The lowest BCUT2D eigenvalue weighted by Crippen LogP contribution is -2.44. The molecular formula is C19H17BrClN3O2. The van der Waals surface area contributed by atoms with Crippen LogP contribution >= 0.6 is 27.5 Å². The molecule has 5 nitrogen and oxygen atoms in total. The maximum Gasteiger partial charge on any atom is 0.270 e. The van der Waals surface area contributed by atoms with Crippen LogP contribution in [0.1, 0.15) is 35.3 Å². The Morgan fingerprint density at radius 1 is 1.35 bits per heavy atom. The number of hydrogen-bond donors (Lipinski definition) is 1. The van der Waals surface area contributed by atoms with Gasteiger partial charge < -0.3 is 10.1 Å². The van der Waals surface area contributed by atoms with Gasteiger partial charge in [-0.1, -0.05) is 33.6 Å². The molecule has 1 aromatic heterocycles. The first kappa shape index (κ1) is 18.7. The van der Waals surface area contributed by atoms with Crippen molar-refractivity contribution in [2.45, 2.75) is 36.2 Å². The third kappa shape index (κ3) is 4.54. The smallest absolute Gasteiger partial charge is 0.270 e. The molecule has 1 amide bonds. The highest BCUT2D eigenvalue weighted by Gasteiger charge is 2.31. The van der Waals surface area contributed by atoms with Gasteiger partial charge in [0.2, 0.25) is 0 Å². The second-order valence-corrected chi connectivity index (χ2v) is 7.71. The minimum atomic E-state index is -0.159. The third-order valence-corrected chi connectivity index (χ3v) is 5.57. The van der Waals surface area contributed by atoms with Gasteiger partial charge >= 0.3 is 0 Å². The van der Waals surface area contributed by atoms with Crippen molar-refractivity contribution in [1.29, 1.82) is 5.26 Å². The number of rotatable bonds is 4. The van der Waals surface area contributed by atoms with Gasteiger partial charge in [0, 0.05) is 18.3 Å². The number of carbonyl (C=O) groups is 1. The lowest BCUT2D eigenvalue weighted by Gasteiger charge is -2.33. The van der Waals surface area contributed by atoms with Crippen LogP contribution in [0.4, 0.5) is 0 Å². The zero-order chi connectivity index (χ0) is 18.5. The van der Waals surface area contributed by atoms with Crippen molar-refractivity contribution in [2.75, 3.05) is 0 Å². The second-order valence-electron chi connectivity index (χ2n) is 6.12. The lowest BCUT2D eigenvalue weighted by molar-refractivity contribution is 0.0896. The first-order chi connectivity index (χ1) is 12.6. The van der Waals surface area contributed by atoms with Crippen molar-refractivity contribution in [3.05, 3.63) is 58.9 Å². The summed E-state index contributed by atoms with van der Waals surface area (Å²) >= 11 is 9.72. The van der Waals surface area contributed by atoms with Crippen molar-refractivity contribution < 1.29 is 9.53 Å². The van der Waals surface area contributed by atoms with Gasteiger partial charge in [0.1, 0.15) is 23.6 Å². The van der Waals surface area contributed by atoms with Crippen LogP contribution in [0.25, 0.3) is 0 Å². The summed E-state index contributed by atoms with van der Waals surface area (Å²) in [5.74, 6) is 0.480. The summed E-state index contributed by atoms with van der Waals surface area (Å²) in [6.07, 6.45) is 3.95. The zero-order valence-electron chi connectivity index (χ0n) is 13.9. The molecule has 0 saturated heterocycles. The molecule has 2 aromatic rings. The normalized spacial score (nSPS) is 22.3. The van der Waals surface area contributed by atoms with Crippen LogP contribution < -0.4 is 10.1 Å². The highest BCUT2D eigenvalue weighted by Crippen LogP contribution is 2.30. The van der Waals surface area contributed by atoms with Crippen LogP contribution in [0.5, 0.6) is 5.75 Å². The maximum atomic E-state index is 12.2. The van der Waals surface area contributed by atoms with Crippen LogP contribution in [0.15, 0.2) is 42.6 Å². The predicted molar refractivity (Wildman–Crippen MR) is 103 cm³/mol. The number of benzene rings is 1. The fraction of sp³-hybridized carbons (Fsp3) is 0.316. The van der Waals surface area contributed by atoms with Gasteiger partial charge in [-0.05, 0) is 43.5 Å². The summed E-state index contributed by atoms with van der Waals surface area (Å²) in [6.45, 7) is 0. The lowest BCUT2D eigenvalue weighted by atomic mass is 9.92. The van der Waals surface area contributed by atoms with E-state index in [4.69, 9.17) is 21.6 Å². The van der Waals surface area contributed by atoms with E-state index in [0.29, 0.717) is 22.0 Å². The molecule has 1 aliphatic rings. The van der Waals surface area contributed by atoms with Gasteiger partial charge in [0.25, 0.3) is 5.91 Å². The molecule has 3 unspecified atom stereocenters. The van der Waals surface area contributed by atoms with Crippen molar-refractivity contribution in [3.63, 3.8) is 0 Å². The van der Waals surface area contributed by atoms with Crippen LogP contribution in [-0.4, -0.2) is 27.9 Å². The van der Waals surface area contributed by atoms with Crippen LogP contribution in [-0.2, 0) is 0 Å². The highest BCUT2D eigenvalue weighted by atomic mass is 79.9. The number of carbonyl (C=O) groups excluding carboxylic acids is 1. The molecule has 0 radical (unpaired) electrons. The highest BCUT2D eigenvalue weighted by molar-refractivity contribution is 9.09. The second kappa shape index (κ2) is 8.52. The zero-order valence-corrected chi connectivity index (χ0v) is 16.2. The van der Waals surface area contributed by atoms with Gasteiger partial charge in [-0.25, -0.2) is 0 Å². The molecule has 1 aliphatic carbocycles. The Labute approximate surface area is 165 Å². The van der Waals surface area contributed by atoms with Crippen molar-refractivity contribution >= 4 is 33.4 Å². The average molecular weight is 435 g/mol. The number of nitrogens with one attached hydrogen (secondary N) is 1. The summed E-state index contributed by atoms with van der Waals surface area (Å²) in [7, 11) is 0. The van der Waals surface area contributed by atoms with Gasteiger partial charge in [-0.15, -0.1) is 0 Å². The van der Waals surface area contributed by atoms with E-state index in [-0.39, 0.29) is 22.9 Å². The van der Waals surface area contributed by atoms with Gasteiger partial charge in [0.05, 0.1) is 15.4 Å². The molecule has 0 aliphatic heterocycles. The summed E-state index contributed by atoms with van der Waals surface area (Å²) in [5, 5.41) is 12.3. The van der Waals surface area contributed by atoms with E-state index in [9.17, 15) is 4.79 Å². The number of ether oxygens (including phenoxy) is 1. The summed E-state index contributed by atoms with van der Waals surface area (Å²) < 4.78 is 6.02. The van der Waals surface area contributed by atoms with E-state index in [1.54, 1.807) is 42.6 Å². The number of hydrogen-bond acceptors (Lipinski definition) is 4. The molecule has 3 rings (SSSR count). The minimum Gasteiger partial charge on any atom is -0.489 e. The quantitative estimate of drug-likeness (QED) is 0.735. The Balaban J connectivity index is 1.56. The molecule has 3 atom stereocenters. The molecule has 0 bridgehead atoms. The fourth-order valence-electron chi connectivity index (χ4n) is 2.94. The molecule has 0 spiro atoms. The largest absolute Gasteiger partial charge is 0.489 e. The summed E-state index contributed by atoms with van der Waals surface area (Å²) in [6, 6.07) is 12.4. The number of nitriles is 1. The number of halogens is 2. The van der Waals surface area contributed by atoms with Gasteiger partial charge in [0.15, 0.2) is 0 Å². The summed E-state index contributed by atoms with van der Waals surface area (Å²) in [4.78, 5) is 16.4. The van der Waals surface area contributed by atoms with E-state index in [1.807, 2.05) is 6.07 Å². The molecule has 1 fully saturated rings. The fourth-order valence-corrected chi connectivity index (χ4v) is 3.98. The Morgan fingerprint density at radius 3 is 2.85 bits per heavy atom. The number of alkyl halides is 1. The molecule has 1 heterocycles. The molecule has 1 saturated carbocycles. The molecule has 7 heteroatoms. The topological polar surface area (TPSA) is 75.0 Å². The number of aromatic nitrogens is 1. The Morgan fingerprint density at radius 2 is 2.19 bits per heavy atom. The van der Waals surface area contributed by atoms with Crippen molar-refractivity contribution in [3.8, 4) is 11.8 Å². The van der Waals surface area contributed by atoms with Crippen LogP contribution in [0.2, 0.25) is 5.02 Å². The first-order valence-corrected chi connectivity index (χ1v) is 9.58. The van der Waals surface area contributed by atoms with E-state index in [1.165, 1.54) is 0 Å². The van der Waals surface area contributed by atoms with Gasteiger partial charge in [-0.3, -0.25) is 9.78 Å². The maximum absolute atomic E-state index is 12.2. The molecular weight excluding hydrogens is 418 g/mol. The monoisotopic (exact) mass is 433 g/mol. The first-order valence-electron chi connectivity index (χ1n) is 8.29. The standard InChI is InChI=1S/C19H17BrClN3O2/c20-15-9-13(24-19(25)17-3-1-2-8-23-17)5-7-18(15)26-14-6-4-12(11-22)16(21)10-14/h1-4,6,8,10,13,15,18H,5,7,9H2,(H,24,25). The van der Waals surface area contributed by atoms with E-state index < -0.39 is 0 Å². The van der Waals surface area contributed by atoms with E-state index in [2.05, 4.69) is 26.2 Å². The summed E-state index contributed by atoms with van der Waals surface area (Å²) in [5.41, 5.74) is 0.847. The average Bonchev–Trinajstić information content (AvgIpc) is 2.65. The van der Waals surface area contributed by atoms with Gasteiger partial charge in [-0.2, -0.15) is 5.26 Å². The van der Waals surface area contributed by atoms with Crippen molar-refractivity contribution in [1.82, 2.24) is 10.3 Å². The molecule has 134 valence electrons. The third-order valence-electron chi connectivity index (χ3n) is 4.29. The van der Waals surface area contributed by atoms with Crippen LogP contribution in [0.3, 0.4) is 0 Å². The van der Waals surface area contributed by atoms with Crippen molar-refractivity contribution in [2.24, 2.45) is 0 Å².